The Labute approximate surface area is 193 Å². The molecule has 1 heterocycles. The number of aromatic nitrogens is 1. The van der Waals surface area contributed by atoms with Gasteiger partial charge < -0.3 is 20.2 Å². The number of methoxy groups -OCH3 is 1. The number of hydrogen-bond acceptors (Lipinski definition) is 6. The Bertz CT molecular complexity index is 1350. The number of nitrogens with zero attached hydrogens (tertiary/aromatic N) is 2. The van der Waals surface area contributed by atoms with Crippen molar-refractivity contribution >= 4 is 5.82 Å². The van der Waals surface area contributed by atoms with E-state index in [1.54, 1.807) is 25.3 Å². The van der Waals surface area contributed by atoms with Crippen LogP contribution in [-0.4, -0.2) is 12.1 Å². The third kappa shape index (κ3) is 4.68. The van der Waals surface area contributed by atoms with Crippen LogP contribution in [0.15, 0.2) is 41.2 Å². The summed E-state index contributed by atoms with van der Waals surface area (Å²) in [4.78, 5) is 14.7. The number of nitrogens with one attached hydrogen (secondary N) is 1. The molecule has 0 radical (unpaired) electrons. The first kappa shape index (κ1) is 23.4. The van der Waals surface area contributed by atoms with Crippen molar-refractivity contribution in [2.45, 2.75) is 39.7 Å². The molecule has 0 unspecified atom stereocenters. The molecule has 0 atom stereocenters. The van der Waals surface area contributed by atoms with Crippen molar-refractivity contribution in [3.8, 4) is 34.8 Å². The van der Waals surface area contributed by atoms with E-state index in [-0.39, 0.29) is 34.5 Å². The number of rotatable bonds is 5. The molecular formula is C26H26N4O3. The predicted molar refractivity (Wildman–Crippen MR) is 127 cm³/mol. The van der Waals surface area contributed by atoms with Crippen LogP contribution in [0.1, 0.15) is 48.6 Å². The van der Waals surface area contributed by atoms with Crippen molar-refractivity contribution < 1.29 is 9.47 Å². The molecular weight excluding hydrogens is 416 g/mol. The van der Waals surface area contributed by atoms with Gasteiger partial charge in [0.1, 0.15) is 47.2 Å². The molecule has 168 valence electrons. The minimum absolute atomic E-state index is 0.0388. The molecule has 0 fully saturated rings. The van der Waals surface area contributed by atoms with E-state index < -0.39 is 5.56 Å². The van der Waals surface area contributed by atoms with E-state index in [4.69, 9.17) is 15.2 Å². The molecule has 0 amide bonds. The summed E-state index contributed by atoms with van der Waals surface area (Å²) in [7, 11) is 1.55. The lowest BCUT2D eigenvalue weighted by molar-refractivity contribution is 0.289. The molecule has 0 spiro atoms. The van der Waals surface area contributed by atoms with Gasteiger partial charge in [-0.3, -0.25) is 4.79 Å². The Balaban J connectivity index is 2.11. The van der Waals surface area contributed by atoms with Crippen LogP contribution in [0.4, 0.5) is 5.82 Å². The summed E-state index contributed by atoms with van der Waals surface area (Å²) in [6.45, 7) is 8.55. The topological polar surface area (TPSA) is 125 Å². The molecule has 0 aliphatic carbocycles. The van der Waals surface area contributed by atoms with Gasteiger partial charge in [0.2, 0.25) is 0 Å². The lowest BCUT2D eigenvalue weighted by Crippen LogP contribution is -2.16. The van der Waals surface area contributed by atoms with Gasteiger partial charge in [0.25, 0.3) is 5.56 Å². The summed E-state index contributed by atoms with van der Waals surface area (Å²) in [5.41, 5.74) is 8.51. The number of anilines is 1. The standard InChI is InChI=1S/C26H26N4O3/c1-15-6-8-20(26(2,3)4)22(10-15)33-14-17-11-16(7-9-21(17)32-5)23-18(12-27)24(29)30-25(31)19(23)13-28/h6-11H,14H2,1-5H3,(H3,29,30,31). The molecule has 0 bridgehead atoms. The van der Waals surface area contributed by atoms with Crippen LogP contribution in [0.5, 0.6) is 11.5 Å². The number of nitriles is 2. The Morgan fingerprint density at radius 3 is 2.33 bits per heavy atom. The highest BCUT2D eigenvalue weighted by atomic mass is 16.5. The van der Waals surface area contributed by atoms with Crippen LogP contribution in [-0.2, 0) is 12.0 Å². The fourth-order valence-corrected chi connectivity index (χ4v) is 3.70. The number of ether oxygens (including phenoxy) is 2. The maximum Gasteiger partial charge on any atom is 0.268 e. The number of pyridine rings is 1. The van der Waals surface area contributed by atoms with Gasteiger partial charge in [0, 0.05) is 11.1 Å². The Kier molecular flexibility index (Phi) is 6.46. The lowest BCUT2D eigenvalue weighted by atomic mass is 9.86. The molecule has 0 aliphatic heterocycles. The average molecular weight is 443 g/mol. The zero-order valence-corrected chi connectivity index (χ0v) is 19.4. The zero-order valence-electron chi connectivity index (χ0n) is 19.4. The summed E-state index contributed by atoms with van der Waals surface area (Å²) in [6, 6.07) is 15.1. The molecule has 3 rings (SSSR count). The number of hydrogen-bond donors (Lipinski definition) is 2. The van der Waals surface area contributed by atoms with E-state index in [2.05, 4.69) is 37.9 Å². The van der Waals surface area contributed by atoms with E-state index >= 15 is 0 Å². The zero-order chi connectivity index (χ0) is 24.3. The van der Waals surface area contributed by atoms with Crippen LogP contribution in [0.25, 0.3) is 11.1 Å². The highest BCUT2D eigenvalue weighted by Gasteiger charge is 2.21. The second kappa shape index (κ2) is 9.10. The number of aryl methyl sites for hydroxylation is 1. The monoisotopic (exact) mass is 442 g/mol. The molecule has 0 aliphatic rings. The second-order valence-corrected chi connectivity index (χ2v) is 8.78. The quantitative estimate of drug-likeness (QED) is 0.597. The first-order valence-electron chi connectivity index (χ1n) is 10.4. The fourth-order valence-electron chi connectivity index (χ4n) is 3.70. The Morgan fingerprint density at radius 1 is 1.03 bits per heavy atom. The van der Waals surface area contributed by atoms with Crippen molar-refractivity contribution in [1.82, 2.24) is 4.98 Å². The maximum atomic E-state index is 12.3. The second-order valence-electron chi connectivity index (χ2n) is 8.78. The van der Waals surface area contributed by atoms with Crippen LogP contribution >= 0.6 is 0 Å². The van der Waals surface area contributed by atoms with Gasteiger partial charge in [-0.15, -0.1) is 0 Å². The van der Waals surface area contributed by atoms with E-state index in [1.165, 1.54) is 0 Å². The normalized spacial score (nSPS) is 10.9. The first-order valence-corrected chi connectivity index (χ1v) is 10.4. The SMILES string of the molecule is COc1ccc(-c2c(C#N)c(N)[nH]c(=O)c2C#N)cc1COc1cc(C)ccc1C(C)(C)C. The van der Waals surface area contributed by atoms with Gasteiger partial charge in [0.15, 0.2) is 0 Å². The number of benzene rings is 2. The molecule has 3 N–H and O–H groups in total. The molecule has 33 heavy (non-hydrogen) atoms. The fraction of sp³-hybridized carbons (Fsp3) is 0.269. The van der Waals surface area contributed by atoms with Gasteiger partial charge in [0.05, 0.1) is 7.11 Å². The van der Waals surface area contributed by atoms with Gasteiger partial charge in [-0.05, 0) is 47.2 Å². The molecule has 3 aromatic rings. The smallest absolute Gasteiger partial charge is 0.268 e. The minimum atomic E-state index is -0.646. The molecule has 1 aromatic heterocycles. The van der Waals surface area contributed by atoms with E-state index in [0.717, 1.165) is 16.9 Å². The summed E-state index contributed by atoms with van der Waals surface area (Å²) < 4.78 is 11.7. The predicted octanol–water partition coefficient (Wildman–Crippen LogP) is 4.56. The summed E-state index contributed by atoms with van der Waals surface area (Å²) >= 11 is 0. The van der Waals surface area contributed by atoms with Crippen molar-refractivity contribution in [3.63, 3.8) is 0 Å². The first-order chi connectivity index (χ1) is 15.6. The van der Waals surface area contributed by atoms with E-state index in [9.17, 15) is 15.3 Å². The number of H-pyrrole nitrogens is 1. The summed E-state index contributed by atoms with van der Waals surface area (Å²) in [6.07, 6.45) is 0. The Morgan fingerprint density at radius 2 is 1.73 bits per heavy atom. The van der Waals surface area contributed by atoms with Gasteiger partial charge >= 0.3 is 0 Å². The van der Waals surface area contributed by atoms with Gasteiger partial charge in [-0.25, -0.2) is 0 Å². The Hall–Kier alpha value is -4.23. The molecule has 0 saturated carbocycles. The van der Waals surface area contributed by atoms with Crippen LogP contribution < -0.4 is 20.8 Å². The number of nitrogen functional groups attached to an aromatic ring is 1. The lowest BCUT2D eigenvalue weighted by Gasteiger charge is -2.23. The van der Waals surface area contributed by atoms with E-state index in [1.807, 2.05) is 25.1 Å². The highest BCUT2D eigenvalue weighted by molar-refractivity contribution is 5.80. The van der Waals surface area contributed by atoms with Gasteiger partial charge in [-0.2, -0.15) is 10.5 Å². The number of nitrogens with two attached hydrogens (primary N) is 1. The van der Waals surface area contributed by atoms with Crippen LogP contribution in [0.3, 0.4) is 0 Å². The third-order valence-corrected chi connectivity index (χ3v) is 5.37. The highest BCUT2D eigenvalue weighted by Crippen LogP contribution is 2.35. The number of aromatic amines is 1. The van der Waals surface area contributed by atoms with Crippen molar-refractivity contribution in [2.75, 3.05) is 12.8 Å². The molecule has 0 saturated heterocycles. The molecule has 2 aromatic carbocycles. The maximum absolute atomic E-state index is 12.3. The van der Waals surface area contributed by atoms with Gasteiger partial charge in [-0.1, -0.05) is 39.0 Å². The summed E-state index contributed by atoms with van der Waals surface area (Å²) in [5.74, 6) is 1.27. The average Bonchev–Trinajstić information content (AvgIpc) is 2.76. The van der Waals surface area contributed by atoms with Crippen molar-refractivity contribution in [1.29, 1.82) is 10.5 Å². The van der Waals surface area contributed by atoms with Crippen LogP contribution in [0.2, 0.25) is 0 Å². The largest absolute Gasteiger partial charge is 0.496 e. The van der Waals surface area contributed by atoms with E-state index in [0.29, 0.717) is 16.9 Å². The van der Waals surface area contributed by atoms with Crippen molar-refractivity contribution in [3.05, 3.63) is 74.6 Å². The third-order valence-electron chi connectivity index (χ3n) is 5.37. The minimum Gasteiger partial charge on any atom is -0.496 e. The summed E-state index contributed by atoms with van der Waals surface area (Å²) in [5, 5.41) is 19.2. The molecule has 7 heteroatoms. The van der Waals surface area contributed by atoms with Crippen LogP contribution in [0, 0.1) is 29.6 Å². The molecule has 7 nitrogen and oxygen atoms in total. The van der Waals surface area contributed by atoms with Crippen molar-refractivity contribution in [2.24, 2.45) is 0 Å².